The van der Waals surface area contributed by atoms with Gasteiger partial charge in [0.25, 0.3) is 0 Å². The van der Waals surface area contributed by atoms with Crippen molar-refractivity contribution in [1.82, 2.24) is 0 Å². The van der Waals surface area contributed by atoms with Gasteiger partial charge in [0.05, 0.1) is 4.32 Å². The zero-order valence-corrected chi connectivity index (χ0v) is 10.5. The Morgan fingerprint density at radius 2 is 1.19 bits per heavy atom. The summed E-state index contributed by atoms with van der Waals surface area (Å²) in [6, 6.07) is 20.6. The largest absolute Gasteiger partial charge is 0.101 e. The molecule has 0 heterocycles. The highest BCUT2D eigenvalue weighted by atomic mass is 79.9. The molecular formula is C15H13Br. The van der Waals surface area contributed by atoms with E-state index in [4.69, 9.17) is 0 Å². The fourth-order valence-corrected chi connectivity index (χ4v) is 2.29. The summed E-state index contributed by atoms with van der Waals surface area (Å²) in [5.74, 6) is 0. The Kier molecular flexibility index (Phi) is 3.25. The van der Waals surface area contributed by atoms with Crippen LogP contribution < -0.4 is 0 Å². The Morgan fingerprint density at radius 1 is 0.812 bits per heavy atom. The van der Waals surface area contributed by atoms with Crippen molar-refractivity contribution in [3.8, 4) is 0 Å². The minimum Gasteiger partial charge on any atom is -0.101 e. The lowest BCUT2D eigenvalue weighted by Crippen LogP contribution is -2.15. The van der Waals surface area contributed by atoms with Crippen LogP contribution in [-0.4, -0.2) is 0 Å². The van der Waals surface area contributed by atoms with E-state index in [2.05, 4.69) is 46.8 Å². The molecule has 0 radical (unpaired) electrons. The van der Waals surface area contributed by atoms with Gasteiger partial charge in [-0.05, 0) is 11.1 Å². The number of alkyl halides is 1. The average Bonchev–Trinajstić information content (AvgIpc) is 2.40. The predicted molar refractivity (Wildman–Crippen MR) is 72.8 cm³/mol. The van der Waals surface area contributed by atoms with Crippen molar-refractivity contribution in [2.75, 3.05) is 0 Å². The maximum Gasteiger partial charge on any atom is 0.0932 e. The molecule has 0 amide bonds. The Morgan fingerprint density at radius 3 is 1.50 bits per heavy atom. The molecule has 0 fully saturated rings. The van der Waals surface area contributed by atoms with Crippen LogP contribution in [-0.2, 0) is 4.32 Å². The molecule has 2 rings (SSSR count). The van der Waals surface area contributed by atoms with Crippen LogP contribution in [0.1, 0.15) is 11.1 Å². The molecule has 16 heavy (non-hydrogen) atoms. The molecule has 1 heteroatoms. The number of rotatable bonds is 3. The summed E-state index contributed by atoms with van der Waals surface area (Å²) in [6.07, 6.45) is 1.93. The summed E-state index contributed by atoms with van der Waals surface area (Å²) in [6.45, 7) is 3.94. The van der Waals surface area contributed by atoms with Crippen molar-refractivity contribution < 1.29 is 0 Å². The van der Waals surface area contributed by atoms with Crippen LogP contribution in [0, 0.1) is 0 Å². The van der Waals surface area contributed by atoms with E-state index in [9.17, 15) is 0 Å². The lowest BCUT2D eigenvalue weighted by Gasteiger charge is -2.24. The Labute approximate surface area is 105 Å². The van der Waals surface area contributed by atoms with Gasteiger partial charge in [0.15, 0.2) is 0 Å². The van der Waals surface area contributed by atoms with Crippen LogP contribution in [0.4, 0.5) is 0 Å². The molecule has 0 saturated heterocycles. The first-order valence-corrected chi connectivity index (χ1v) is 6.00. The molecule has 0 aromatic heterocycles. The Balaban J connectivity index is 2.53. The van der Waals surface area contributed by atoms with E-state index in [0.29, 0.717) is 0 Å². The lowest BCUT2D eigenvalue weighted by atomic mass is 9.91. The van der Waals surface area contributed by atoms with Crippen LogP contribution in [0.3, 0.4) is 0 Å². The van der Waals surface area contributed by atoms with Crippen molar-refractivity contribution >= 4 is 15.9 Å². The molecule has 0 aliphatic heterocycles. The zero-order chi connectivity index (χ0) is 11.4. The quantitative estimate of drug-likeness (QED) is 0.570. The number of allylic oxidation sites excluding steroid dienone is 1. The fourth-order valence-electron chi connectivity index (χ4n) is 1.76. The highest BCUT2D eigenvalue weighted by Crippen LogP contribution is 2.39. The van der Waals surface area contributed by atoms with Gasteiger partial charge < -0.3 is 0 Å². The SMILES string of the molecule is C=CC(Br)(c1ccccc1)c1ccccc1. The molecule has 0 atom stereocenters. The first kappa shape index (κ1) is 11.2. The predicted octanol–water partition coefficient (Wildman–Crippen LogP) is 4.51. The molecule has 0 saturated carbocycles. The van der Waals surface area contributed by atoms with E-state index < -0.39 is 0 Å². The summed E-state index contributed by atoms with van der Waals surface area (Å²) in [7, 11) is 0. The first-order chi connectivity index (χ1) is 7.77. The number of halogens is 1. The van der Waals surface area contributed by atoms with Gasteiger partial charge in [0, 0.05) is 0 Å². The molecule has 0 N–H and O–H groups in total. The van der Waals surface area contributed by atoms with E-state index in [1.54, 1.807) is 0 Å². The van der Waals surface area contributed by atoms with Crippen molar-refractivity contribution in [1.29, 1.82) is 0 Å². The summed E-state index contributed by atoms with van der Waals surface area (Å²) < 4.78 is -0.296. The maximum atomic E-state index is 3.94. The molecule has 0 nitrogen and oxygen atoms in total. The van der Waals surface area contributed by atoms with Gasteiger partial charge in [-0.1, -0.05) is 82.7 Å². The second kappa shape index (κ2) is 4.67. The maximum absolute atomic E-state index is 3.94. The molecule has 0 aliphatic rings. The van der Waals surface area contributed by atoms with Gasteiger partial charge in [-0.2, -0.15) is 0 Å². The Hall–Kier alpha value is -1.34. The first-order valence-electron chi connectivity index (χ1n) is 5.21. The second-order valence-corrected chi connectivity index (χ2v) is 4.90. The summed E-state index contributed by atoms with van der Waals surface area (Å²) >= 11 is 3.78. The summed E-state index contributed by atoms with van der Waals surface area (Å²) in [5.41, 5.74) is 2.38. The van der Waals surface area contributed by atoms with Gasteiger partial charge in [-0.15, -0.1) is 6.58 Å². The molecule has 0 spiro atoms. The van der Waals surface area contributed by atoms with E-state index in [1.165, 1.54) is 11.1 Å². The summed E-state index contributed by atoms with van der Waals surface area (Å²) in [5, 5.41) is 0. The zero-order valence-electron chi connectivity index (χ0n) is 8.94. The van der Waals surface area contributed by atoms with Crippen LogP contribution in [0.2, 0.25) is 0 Å². The Bertz CT molecular complexity index is 420. The molecule has 2 aromatic rings. The van der Waals surface area contributed by atoms with Gasteiger partial charge in [0.2, 0.25) is 0 Å². The molecular weight excluding hydrogens is 260 g/mol. The standard InChI is InChI=1S/C15H13Br/c1-2-15(16,13-9-5-3-6-10-13)14-11-7-4-8-12-14/h2-12H,1H2. The third kappa shape index (κ3) is 1.96. The van der Waals surface area contributed by atoms with Crippen LogP contribution in [0.5, 0.6) is 0 Å². The molecule has 0 aliphatic carbocycles. The third-order valence-corrected chi connectivity index (χ3v) is 3.91. The normalized spacial score (nSPS) is 11.1. The fraction of sp³-hybridized carbons (Fsp3) is 0.0667. The number of benzene rings is 2. The summed E-state index contributed by atoms with van der Waals surface area (Å²) in [4.78, 5) is 0. The van der Waals surface area contributed by atoms with E-state index in [-0.39, 0.29) is 4.32 Å². The van der Waals surface area contributed by atoms with Gasteiger partial charge in [-0.25, -0.2) is 0 Å². The molecule has 0 bridgehead atoms. The molecule has 2 aromatic carbocycles. The van der Waals surface area contributed by atoms with Crippen molar-refractivity contribution in [2.24, 2.45) is 0 Å². The topological polar surface area (TPSA) is 0 Å². The minimum absolute atomic E-state index is 0.296. The average molecular weight is 273 g/mol. The van der Waals surface area contributed by atoms with Crippen LogP contribution in [0.15, 0.2) is 73.3 Å². The third-order valence-electron chi connectivity index (χ3n) is 2.67. The van der Waals surface area contributed by atoms with Crippen molar-refractivity contribution in [2.45, 2.75) is 4.32 Å². The van der Waals surface area contributed by atoms with Crippen molar-refractivity contribution in [3.05, 3.63) is 84.4 Å². The van der Waals surface area contributed by atoms with Gasteiger partial charge in [0.1, 0.15) is 0 Å². The monoisotopic (exact) mass is 272 g/mol. The van der Waals surface area contributed by atoms with E-state index >= 15 is 0 Å². The number of hydrogen-bond acceptors (Lipinski definition) is 0. The smallest absolute Gasteiger partial charge is 0.0932 e. The minimum atomic E-state index is -0.296. The molecule has 80 valence electrons. The van der Waals surface area contributed by atoms with E-state index in [1.807, 2.05) is 42.5 Å². The van der Waals surface area contributed by atoms with Crippen LogP contribution >= 0.6 is 15.9 Å². The number of hydrogen-bond donors (Lipinski definition) is 0. The highest BCUT2D eigenvalue weighted by Gasteiger charge is 2.26. The molecule has 0 unspecified atom stereocenters. The van der Waals surface area contributed by atoms with Crippen LogP contribution in [0.25, 0.3) is 0 Å². The van der Waals surface area contributed by atoms with Crippen molar-refractivity contribution in [3.63, 3.8) is 0 Å². The highest BCUT2D eigenvalue weighted by molar-refractivity contribution is 9.09. The lowest BCUT2D eigenvalue weighted by molar-refractivity contribution is 0.966. The van der Waals surface area contributed by atoms with Gasteiger partial charge in [-0.3, -0.25) is 0 Å². The van der Waals surface area contributed by atoms with Gasteiger partial charge >= 0.3 is 0 Å². The van der Waals surface area contributed by atoms with E-state index in [0.717, 1.165) is 0 Å². The second-order valence-electron chi connectivity index (χ2n) is 3.65.